The van der Waals surface area contributed by atoms with Crippen LogP contribution in [0.1, 0.15) is 18.6 Å². The van der Waals surface area contributed by atoms with E-state index < -0.39 is 17.1 Å². The van der Waals surface area contributed by atoms with Gasteiger partial charge in [-0.05, 0) is 68.9 Å². The number of benzene rings is 1. The second kappa shape index (κ2) is 5.39. The van der Waals surface area contributed by atoms with E-state index >= 15 is 0 Å². The molecule has 0 saturated heterocycles. The molecule has 2 unspecified atom stereocenters. The normalized spacial score (nSPS) is 14.7. The molecule has 82 valence electrons. The van der Waals surface area contributed by atoms with E-state index in [4.69, 9.17) is 0 Å². The average Bonchev–Trinajstić information content (AvgIpc) is 2.13. The average molecular weight is 433 g/mol. The molecule has 15 heavy (non-hydrogen) atoms. The minimum atomic E-state index is -1.05. The lowest BCUT2D eigenvalue weighted by Crippen LogP contribution is -2.24. The summed E-state index contributed by atoms with van der Waals surface area (Å²) in [6, 6.07) is 4.47. The first-order valence-corrected chi connectivity index (χ1v) is 6.35. The lowest BCUT2D eigenvalue weighted by atomic mass is 10.0. The van der Waals surface area contributed by atoms with Crippen LogP contribution in [0.3, 0.4) is 0 Å². The number of rotatable bonds is 3. The Morgan fingerprint density at radius 1 is 1.33 bits per heavy atom. The van der Waals surface area contributed by atoms with Crippen LogP contribution in [0, 0.1) is 17.3 Å². The minimum Gasteiger partial charge on any atom is -0.381 e. The van der Waals surface area contributed by atoms with Gasteiger partial charge >= 0.3 is 0 Å². The molecule has 1 aromatic carbocycles. The van der Waals surface area contributed by atoms with Crippen molar-refractivity contribution in [3.8, 4) is 0 Å². The molecule has 2 atom stereocenters. The lowest BCUT2D eigenvalue weighted by molar-refractivity contribution is -0.531. The molecule has 0 fully saturated rings. The number of aliphatic hydroxyl groups is 1. The maximum atomic E-state index is 10.5. The van der Waals surface area contributed by atoms with Crippen LogP contribution in [-0.2, 0) is 0 Å². The highest BCUT2D eigenvalue weighted by atomic mass is 127. The van der Waals surface area contributed by atoms with Gasteiger partial charge in [0.25, 0.3) is 0 Å². The third-order valence-corrected chi connectivity index (χ3v) is 3.26. The molecule has 6 heteroatoms. The van der Waals surface area contributed by atoms with Gasteiger partial charge in [-0.25, -0.2) is 0 Å². The summed E-state index contributed by atoms with van der Waals surface area (Å²) in [5, 5.41) is 20.3. The van der Waals surface area contributed by atoms with E-state index in [1.165, 1.54) is 6.92 Å². The number of hydrogen-bond donors (Lipinski definition) is 1. The Morgan fingerprint density at radius 2 is 1.80 bits per heavy atom. The standard InChI is InChI=1S/C9H9I2NO3/c1-5(12(14)15)9(13)6-2-7(10)4-8(11)3-6/h2-5,9,13H,1H3. The van der Waals surface area contributed by atoms with Crippen molar-refractivity contribution in [3.63, 3.8) is 0 Å². The maximum absolute atomic E-state index is 10.5. The molecule has 0 heterocycles. The molecule has 0 aliphatic carbocycles. The predicted molar refractivity (Wildman–Crippen MR) is 73.3 cm³/mol. The van der Waals surface area contributed by atoms with Crippen molar-refractivity contribution in [3.05, 3.63) is 41.0 Å². The molecule has 0 amide bonds. The van der Waals surface area contributed by atoms with Crippen LogP contribution in [0.2, 0.25) is 0 Å². The summed E-state index contributed by atoms with van der Waals surface area (Å²) in [5.74, 6) is 0. The van der Waals surface area contributed by atoms with Crippen LogP contribution in [0.25, 0.3) is 0 Å². The molecular weight excluding hydrogens is 424 g/mol. The van der Waals surface area contributed by atoms with Crippen molar-refractivity contribution >= 4 is 45.2 Å². The highest BCUT2D eigenvalue weighted by Crippen LogP contribution is 2.23. The van der Waals surface area contributed by atoms with Gasteiger partial charge in [-0.15, -0.1) is 0 Å². The second-order valence-electron chi connectivity index (χ2n) is 3.17. The summed E-state index contributed by atoms with van der Waals surface area (Å²) in [4.78, 5) is 10.1. The van der Waals surface area contributed by atoms with Gasteiger partial charge in [0.2, 0.25) is 6.04 Å². The molecule has 1 rings (SSSR count). The van der Waals surface area contributed by atoms with Crippen LogP contribution >= 0.6 is 45.2 Å². The molecule has 0 aliphatic heterocycles. The summed E-state index contributed by atoms with van der Waals surface area (Å²) in [7, 11) is 0. The zero-order valence-electron chi connectivity index (χ0n) is 7.85. The van der Waals surface area contributed by atoms with Gasteiger partial charge in [-0.3, -0.25) is 10.1 Å². The number of hydrogen-bond acceptors (Lipinski definition) is 3. The smallest absolute Gasteiger partial charge is 0.239 e. The van der Waals surface area contributed by atoms with Crippen molar-refractivity contribution in [2.45, 2.75) is 19.1 Å². The zero-order chi connectivity index (χ0) is 11.6. The number of aliphatic hydroxyl groups excluding tert-OH is 1. The quantitative estimate of drug-likeness (QED) is 0.453. The molecule has 0 spiro atoms. The van der Waals surface area contributed by atoms with E-state index in [2.05, 4.69) is 45.2 Å². The van der Waals surface area contributed by atoms with Crippen LogP contribution < -0.4 is 0 Å². The molecule has 0 saturated carbocycles. The van der Waals surface area contributed by atoms with Crippen molar-refractivity contribution < 1.29 is 10.0 Å². The fourth-order valence-electron chi connectivity index (χ4n) is 1.14. The molecular formula is C9H9I2NO3. The van der Waals surface area contributed by atoms with E-state index in [1.54, 1.807) is 12.1 Å². The van der Waals surface area contributed by atoms with Gasteiger partial charge in [0, 0.05) is 19.0 Å². The first-order chi connectivity index (χ1) is 6.91. The van der Waals surface area contributed by atoms with Gasteiger partial charge in [-0.2, -0.15) is 0 Å². The van der Waals surface area contributed by atoms with E-state index in [-0.39, 0.29) is 0 Å². The third kappa shape index (κ3) is 3.52. The maximum Gasteiger partial charge on any atom is 0.239 e. The van der Waals surface area contributed by atoms with Gasteiger partial charge in [0.05, 0.1) is 0 Å². The van der Waals surface area contributed by atoms with Gasteiger partial charge < -0.3 is 5.11 Å². The van der Waals surface area contributed by atoms with Crippen molar-refractivity contribution in [1.29, 1.82) is 0 Å². The Hall–Kier alpha value is 0.0400. The second-order valence-corrected chi connectivity index (χ2v) is 5.66. The largest absolute Gasteiger partial charge is 0.381 e. The Bertz CT molecular complexity index is 363. The number of halogens is 2. The fourth-order valence-corrected chi connectivity index (χ4v) is 3.13. The van der Waals surface area contributed by atoms with Gasteiger partial charge in [0.15, 0.2) is 0 Å². The van der Waals surface area contributed by atoms with E-state index in [0.717, 1.165) is 7.14 Å². The van der Waals surface area contributed by atoms with Crippen LogP contribution in [0.15, 0.2) is 18.2 Å². The molecule has 0 bridgehead atoms. The fraction of sp³-hybridized carbons (Fsp3) is 0.333. The third-order valence-electron chi connectivity index (χ3n) is 2.02. The van der Waals surface area contributed by atoms with Crippen molar-refractivity contribution in [2.24, 2.45) is 0 Å². The highest BCUT2D eigenvalue weighted by molar-refractivity contribution is 14.1. The molecule has 0 radical (unpaired) electrons. The number of nitro groups is 1. The van der Waals surface area contributed by atoms with Crippen LogP contribution in [0.4, 0.5) is 0 Å². The lowest BCUT2D eigenvalue weighted by Gasteiger charge is -2.13. The summed E-state index contributed by atoms with van der Waals surface area (Å²) >= 11 is 4.24. The Labute approximate surface area is 114 Å². The Kier molecular flexibility index (Phi) is 4.71. The molecule has 0 aromatic heterocycles. The summed E-state index contributed by atoms with van der Waals surface area (Å²) in [6.45, 7) is 1.40. The van der Waals surface area contributed by atoms with E-state index in [1.807, 2.05) is 6.07 Å². The topological polar surface area (TPSA) is 63.4 Å². The van der Waals surface area contributed by atoms with E-state index in [9.17, 15) is 15.2 Å². The first-order valence-electron chi connectivity index (χ1n) is 4.19. The molecule has 0 aliphatic rings. The molecule has 1 aromatic rings. The molecule has 1 N–H and O–H groups in total. The number of nitrogens with zero attached hydrogens (tertiary/aromatic N) is 1. The van der Waals surface area contributed by atoms with Gasteiger partial charge in [-0.1, -0.05) is 0 Å². The highest BCUT2D eigenvalue weighted by Gasteiger charge is 2.26. The SMILES string of the molecule is CC(C(O)c1cc(I)cc(I)c1)[N+](=O)[O-]. The summed E-state index contributed by atoms with van der Waals surface area (Å²) in [5.41, 5.74) is 0.593. The van der Waals surface area contributed by atoms with Crippen molar-refractivity contribution in [1.82, 2.24) is 0 Å². The predicted octanol–water partition coefficient (Wildman–Crippen LogP) is 2.59. The van der Waals surface area contributed by atoms with Crippen LogP contribution in [-0.4, -0.2) is 16.1 Å². The minimum absolute atomic E-state index is 0.475. The monoisotopic (exact) mass is 433 g/mol. The van der Waals surface area contributed by atoms with Gasteiger partial charge in [0.1, 0.15) is 6.10 Å². The Balaban J connectivity index is 3.00. The summed E-state index contributed by atoms with van der Waals surface area (Å²) < 4.78 is 1.92. The van der Waals surface area contributed by atoms with Crippen molar-refractivity contribution in [2.75, 3.05) is 0 Å². The zero-order valence-corrected chi connectivity index (χ0v) is 12.2. The Morgan fingerprint density at radius 3 is 2.20 bits per heavy atom. The summed E-state index contributed by atoms with van der Waals surface area (Å²) in [6.07, 6.45) is -1.05. The first kappa shape index (κ1) is 13.1. The molecule has 4 nitrogen and oxygen atoms in total. The van der Waals surface area contributed by atoms with E-state index in [0.29, 0.717) is 5.56 Å². The van der Waals surface area contributed by atoms with Crippen LogP contribution in [0.5, 0.6) is 0 Å².